The fourth-order valence-corrected chi connectivity index (χ4v) is 3.29. The Morgan fingerprint density at radius 2 is 2.09 bits per heavy atom. The third-order valence-corrected chi connectivity index (χ3v) is 4.67. The molecule has 0 fully saturated rings. The van der Waals surface area contributed by atoms with Gasteiger partial charge in [-0.05, 0) is 36.6 Å². The number of aryl methyl sites for hydroxylation is 1. The molecule has 6 nitrogen and oxygen atoms in total. The highest BCUT2D eigenvalue weighted by atomic mass is 32.2. The first-order valence-corrected chi connectivity index (χ1v) is 8.65. The summed E-state index contributed by atoms with van der Waals surface area (Å²) in [7, 11) is -3.78. The molecule has 2 heterocycles. The molecule has 0 saturated carbocycles. The van der Waals surface area contributed by atoms with Crippen molar-refractivity contribution in [3.05, 3.63) is 48.2 Å². The number of benzene rings is 1. The van der Waals surface area contributed by atoms with E-state index >= 15 is 0 Å². The van der Waals surface area contributed by atoms with E-state index in [1.165, 1.54) is 11.6 Å². The Balaban J connectivity index is 1.70. The lowest BCUT2D eigenvalue weighted by atomic mass is 9.98. The summed E-state index contributed by atoms with van der Waals surface area (Å²) in [5, 5.41) is 11.7. The minimum atomic E-state index is -3.78. The van der Waals surface area contributed by atoms with Gasteiger partial charge in [0.15, 0.2) is 0 Å². The molecule has 2 aromatic rings. The van der Waals surface area contributed by atoms with Crippen LogP contribution in [0.15, 0.2) is 47.5 Å². The molecule has 0 radical (unpaired) electrons. The molecule has 1 aromatic carbocycles. The number of aromatic nitrogens is 1. The molecule has 0 bridgehead atoms. The lowest BCUT2D eigenvalue weighted by Crippen LogP contribution is -2.32. The zero-order chi connectivity index (χ0) is 15.6. The molecule has 7 heteroatoms. The molecule has 1 unspecified atom stereocenters. The second-order valence-electron chi connectivity index (χ2n) is 5.31. The second-order valence-corrected chi connectivity index (χ2v) is 6.84. The molecule has 1 aliphatic heterocycles. The van der Waals surface area contributed by atoms with Crippen molar-refractivity contribution in [2.24, 2.45) is 5.14 Å². The van der Waals surface area contributed by atoms with Gasteiger partial charge in [0.2, 0.25) is 10.0 Å². The molecular formula is C15H18N4O2S. The zero-order valence-corrected chi connectivity index (χ0v) is 12.8. The van der Waals surface area contributed by atoms with Crippen LogP contribution >= 0.6 is 0 Å². The summed E-state index contributed by atoms with van der Waals surface area (Å²) in [5.41, 5.74) is 2.44. The first-order valence-electron chi connectivity index (χ1n) is 7.10. The van der Waals surface area contributed by atoms with Crippen molar-refractivity contribution < 1.29 is 8.42 Å². The molecule has 0 aliphatic carbocycles. The van der Waals surface area contributed by atoms with Crippen LogP contribution in [0.2, 0.25) is 0 Å². The van der Waals surface area contributed by atoms with Crippen molar-refractivity contribution in [1.29, 1.82) is 0 Å². The molecule has 1 atom stereocenters. The molecule has 1 aromatic heterocycles. The van der Waals surface area contributed by atoms with Crippen molar-refractivity contribution in [2.75, 3.05) is 17.2 Å². The Morgan fingerprint density at radius 3 is 2.91 bits per heavy atom. The zero-order valence-electron chi connectivity index (χ0n) is 12.0. The van der Waals surface area contributed by atoms with E-state index in [1.807, 2.05) is 12.1 Å². The van der Waals surface area contributed by atoms with E-state index in [-0.39, 0.29) is 10.9 Å². The van der Waals surface area contributed by atoms with Gasteiger partial charge in [-0.1, -0.05) is 18.2 Å². The first kappa shape index (κ1) is 14.8. The maximum atomic E-state index is 11.6. The number of pyridine rings is 1. The number of nitrogens with one attached hydrogen (secondary N) is 2. The van der Waals surface area contributed by atoms with Crippen LogP contribution < -0.4 is 15.8 Å². The van der Waals surface area contributed by atoms with Gasteiger partial charge in [0.05, 0.1) is 0 Å². The number of nitrogens with zero attached hydrogens (tertiary/aromatic N) is 1. The van der Waals surface area contributed by atoms with E-state index in [4.69, 9.17) is 5.14 Å². The smallest absolute Gasteiger partial charge is 0.241 e. The van der Waals surface area contributed by atoms with Gasteiger partial charge >= 0.3 is 0 Å². The number of anilines is 2. The lowest BCUT2D eigenvalue weighted by molar-refractivity contribution is 0.597. The highest BCUT2D eigenvalue weighted by Crippen LogP contribution is 2.24. The topological polar surface area (TPSA) is 97.1 Å². The highest BCUT2D eigenvalue weighted by Gasteiger charge is 2.19. The van der Waals surface area contributed by atoms with Gasteiger partial charge in [-0.15, -0.1) is 0 Å². The van der Waals surface area contributed by atoms with Crippen LogP contribution in [-0.2, 0) is 16.4 Å². The molecule has 22 heavy (non-hydrogen) atoms. The van der Waals surface area contributed by atoms with Gasteiger partial charge in [0, 0.05) is 24.5 Å². The van der Waals surface area contributed by atoms with Crippen molar-refractivity contribution >= 4 is 21.5 Å². The molecule has 116 valence electrons. The van der Waals surface area contributed by atoms with E-state index in [9.17, 15) is 8.42 Å². The largest absolute Gasteiger partial charge is 0.380 e. The van der Waals surface area contributed by atoms with Crippen LogP contribution in [0.25, 0.3) is 0 Å². The lowest BCUT2D eigenvalue weighted by Gasteiger charge is -2.27. The molecule has 0 amide bonds. The van der Waals surface area contributed by atoms with Gasteiger partial charge in [0.1, 0.15) is 10.7 Å². The van der Waals surface area contributed by atoms with Crippen LogP contribution in [0, 0.1) is 0 Å². The fourth-order valence-electron chi connectivity index (χ4n) is 2.63. The summed E-state index contributed by atoms with van der Waals surface area (Å²) < 4.78 is 23.1. The summed E-state index contributed by atoms with van der Waals surface area (Å²) in [4.78, 5) is 4.10. The van der Waals surface area contributed by atoms with E-state index < -0.39 is 10.0 Å². The van der Waals surface area contributed by atoms with Crippen LogP contribution in [0.3, 0.4) is 0 Å². The van der Waals surface area contributed by atoms with Gasteiger partial charge in [-0.2, -0.15) is 0 Å². The van der Waals surface area contributed by atoms with Crippen molar-refractivity contribution in [3.8, 4) is 0 Å². The van der Waals surface area contributed by atoms with Crippen LogP contribution in [-0.4, -0.2) is 26.0 Å². The molecule has 0 spiro atoms. The Kier molecular flexibility index (Phi) is 4.00. The molecule has 4 N–H and O–H groups in total. The predicted molar refractivity (Wildman–Crippen MR) is 86.3 cm³/mol. The molecular weight excluding hydrogens is 300 g/mol. The Hall–Kier alpha value is -2.12. The quantitative estimate of drug-likeness (QED) is 0.795. The highest BCUT2D eigenvalue weighted by molar-refractivity contribution is 7.89. The summed E-state index contributed by atoms with van der Waals surface area (Å²) in [5.74, 6) is 0.297. The number of para-hydroxylation sites is 1. The van der Waals surface area contributed by atoms with Gasteiger partial charge in [-0.25, -0.2) is 18.5 Å². The number of hydrogen-bond acceptors (Lipinski definition) is 5. The van der Waals surface area contributed by atoms with E-state index in [0.717, 1.165) is 18.5 Å². The maximum absolute atomic E-state index is 11.6. The number of rotatable bonds is 4. The number of nitrogens with two attached hydrogens (primary N) is 1. The number of sulfonamides is 1. The van der Waals surface area contributed by atoms with Crippen LogP contribution in [0.5, 0.6) is 0 Å². The summed E-state index contributed by atoms with van der Waals surface area (Å²) in [6, 6.07) is 11.4. The SMILES string of the molecule is NS(=O)(=O)c1cccnc1NCC1CCc2ccccc2N1. The number of fused-ring (bicyclic) bond motifs is 1. The minimum absolute atomic E-state index is 0.0196. The third-order valence-electron chi connectivity index (χ3n) is 3.73. The van der Waals surface area contributed by atoms with Crippen LogP contribution in [0.4, 0.5) is 11.5 Å². The standard InChI is InChI=1S/C15H18N4O2S/c16-22(20,21)14-6-3-9-17-15(14)18-10-12-8-7-11-4-1-2-5-13(11)19-12/h1-6,9,12,19H,7-8,10H2,(H,17,18)(H2,16,20,21). The van der Waals surface area contributed by atoms with Crippen LogP contribution in [0.1, 0.15) is 12.0 Å². The summed E-state index contributed by atoms with van der Waals surface area (Å²) in [6.07, 6.45) is 3.52. The molecule has 1 aliphatic rings. The second kappa shape index (κ2) is 5.94. The normalized spacial score (nSPS) is 17.4. The average molecular weight is 318 g/mol. The Labute approximate surface area is 129 Å². The molecule has 3 rings (SSSR count). The summed E-state index contributed by atoms with van der Waals surface area (Å²) >= 11 is 0. The van der Waals surface area contributed by atoms with E-state index in [0.29, 0.717) is 12.4 Å². The van der Waals surface area contributed by atoms with Gasteiger partial charge in [-0.3, -0.25) is 0 Å². The van der Waals surface area contributed by atoms with Crippen molar-refractivity contribution in [1.82, 2.24) is 4.98 Å². The minimum Gasteiger partial charge on any atom is -0.380 e. The predicted octanol–water partition coefficient (Wildman–Crippen LogP) is 1.57. The summed E-state index contributed by atoms with van der Waals surface area (Å²) in [6.45, 7) is 0.577. The van der Waals surface area contributed by atoms with Gasteiger partial charge in [0.25, 0.3) is 0 Å². The average Bonchev–Trinajstić information content (AvgIpc) is 2.52. The van der Waals surface area contributed by atoms with Gasteiger partial charge < -0.3 is 10.6 Å². The molecule has 0 saturated heterocycles. The first-order chi connectivity index (χ1) is 10.5. The fraction of sp³-hybridized carbons (Fsp3) is 0.267. The number of primary sulfonamides is 1. The van der Waals surface area contributed by atoms with E-state index in [2.05, 4.69) is 27.8 Å². The van der Waals surface area contributed by atoms with E-state index in [1.54, 1.807) is 12.3 Å². The van der Waals surface area contributed by atoms with Crippen molar-refractivity contribution in [2.45, 2.75) is 23.8 Å². The van der Waals surface area contributed by atoms with Crippen molar-refractivity contribution in [3.63, 3.8) is 0 Å². The maximum Gasteiger partial charge on any atom is 0.241 e. The monoisotopic (exact) mass is 318 g/mol. The third kappa shape index (κ3) is 3.20. The Morgan fingerprint density at radius 1 is 1.27 bits per heavy atom. The Bertz CT molecular complexity index is 777. The number of hydrogen-bond donors (Lipinski definition) is 3.